The molecule has 0 amide bonds. The lowest BCUT2D eigenvalue weighted by molar-refractivity contribution is 0.00470. The SMILES string of the molecule is OCC1(CN2CCCC3CCCCC32)CCCC1. The van der Waals surface area contributed by atoms with E-state index in [4.69, 9.17) is 0 Å². The molecule has 2 unspecified atom stereocenters. The third-order valence-electron chi connectivity index (χ3n) is 5.90. The van der Waals surface area contributed by atoms with Gasteiger partial charge in [0.2, 0.25) is 0 Å². The summed E-state index contributed by atoms with van der Waals surface area (Å²) in [5.41, 5.74) is 0.263. The van der Waals surface area contributed by atoms with Gasteiger partial charge < -0.3 is 5.11 Å². The number of piperidine rings is 1. The maximum absolute atomic E-state index is 9.82. The third-order valence-corrected chi connectivity index (χ3v) is 5.90. The van der Waals surface area contributed by atoms with E-state index in [0.29, 0.717) is 6.61 Å². The van der Waals surface area contributed by atoms with Crippen LogP contribution in [0.2, 0.25) is 0 Å². The quantitative estimate of drug-likeness (QED) is 0.832. The molecule has 104 valence electrons. The monoisotopic (exact) mass is 251 g/mol. The number of aliphatic hydroxyl groups is 1. The lowest BCUT2D eigenvalue weighted by Gasteiger charge is -2.47. The highest BCUT2D eigenvalue weighted by molar-refractivity contribution is 4.93. The summed E-state index contributed by atoms with van der Waals surface area (Å²) >= 11 is 0. The predicted molar refractivity (Wildman–Crippen MR) is 74.5 cm³/mol. The van der Waals surface area contributed by atoms with Crippen LogP contribution in [0, 0.1) is 11.3 Å². The van der Waals surface area contributed by atoms with Gasteiger partial charge in [-0.05, 0) is 51.0 Å². The number of aliphatic hydroxyl groups excluding tert-OH is 1. The zero-order valence-corrected chi connectivity index (χ0v) is 11.7. The van der Waals surface area contributed by atoms with Gasteiger partial charge in [0.1, 0.15) is 0 Å². The second-order valence-electron chi connectivity index (χ2n) is 7.09. The lowest BCUT2D eigenvalue weighted by Crippen LogP contribution is -2.51. The smallest absolute Gasteiger partial charge is 0.0499 e. The first kappa shape index (κ1) is 12.9. The Bertz CT molecular complexity index is 270. The molecule has 2 saturated carbocycles. The van der Waals surface area contributed by atoms with Crippen molar-refractivity contribution in [3.8, 4) is 0 Å². The van der Waals surface area contributed by atoms with E-state index >= 15 is 0 Å². The number of hydrogen-bond donors (Lipinski definition) is 1. The molecule has 1 N–H and O–H groups in total. The van der Waals surface area contributed by atoms with E-state index in [2.05, 4.69) is 4.90 Å². The molecule has 1 saturated heterocycles. The zero-order chi connectivity index (χ0) is 12.4. The second-order valence-corrected chi connectivity index (χ2v) is 7.09. The molecule has 0 aromatic rings. The lowest BCUT2D eigenvalue weighted by atomic mass is 9.76. The summed E-state index contributed by atoms with van der Waals surface area (Å²) in [5, 5.41) is 9.82. The summed E-state index contributed by atoms with van der Waals surface area (Å²) in [5.74, 6) is 0.977. The van der Waals surface area contributed by atoms with E-state index in [9.17, 15) is 5.11 Å². The Hall–Kier alpha value is -0.0800. The number of fused-ring (bicyclic) bond motifs is 1. The highest BCUT2D eigenvalue weighted by Crippen LogP contribution is 2.42. The Morgan fingerprint density at radius 3 is 2.44 bits per heavy atom. The molecule has 0 aromatic heterocycles. The summed E-state index contributed by atoms with van der Waals surface area (Å²) in [4.78, 5) is 2.77. The molecule has 3 rings (SSSR count). The van der Waals surface area contributed by atoms with Crippen LogP contribution in [0.15, 0.2) is 0 Å². The maximum atomic E-state index is 9.82. The van der Waals surface area contributed by atoms with Gasteiger partial charge in [-0.2, -0.15) is 0 Å². The molecule has 0 bridgehead atoms. The highest BCUT2D eigenvalue weighted by Gasteiger charge is 2.40. The van der Waals surface area contributed by atoms with Crippen molar-refractivity contribution in [1.82, 2.24) is 4.90 Å². The van der Waals surface area contributed by atoms with Crippen molar-refractivity contribution < 1.29 is 5.11 Å². The van der Waals surface area contributed by atoms with E-state index in [0.717, 1.165) is 12.0 Å². The molecule has 2 heteroatoms. The Morgan fingerprint density at radius 1 is 0.944 bits per heavy atom. The molecule has 0 aromatic carbocycles. The summed E-state index contributed by atoms with van der Waals surface area (Å²) < 4.78 is 0. The number of nitrogens with zero attached hydrogens (tertiary/aromatic N) is 1. The molecule has 3 fully saturated rings. The fourth-order valence-electron chi connectivity index (χ4n) is 4.85. The molecular formula is C16H29NO. The number of likely N-dealkylation sites (tertiary alicyclic amines) is 1. The minimum absolute atomic E-state index is 0.263. The van der Waals surface area contributed by atoms with Crippen molar-refractivity contribution in [2.45, 2.75) is 70.3 Å². The van der Waals surface area contributed by atoms with Crippen LogP contribution in [0.4, 0.5) is 0 Å². The maximum Gasteiger partial charge on any atom is 0.0499 e. The van der Waals surface area contributed by atoms with Gasteiger partial charge in [-0.1, -0.05) is 25.7 Å². The molecule has 2 aliphatic carbocycles. The zero-order valence-electron chi connectivity index (χ0n) is 11.7. The van der Waals surface area contributed by atoms with Crippen LogP contribution in [0.3, 0.4) is 0 Å². The summed E-state index contributed by atoms with van der Waals surface area (Å²) in [7, 11) is 0. The van der Waals surface area contributed by atoms with Crippen LogP contribution in [0.1, 0.15) is 64.2 Å². The average molecular weight is 251 g/mol. The van der Waals surface area contributed by atoms with Gasteiger partial charge in [0.05, 0.1) is 0 Å². The fourth-order valence-corrected chi connectivity index (χ4v) is 4.85. The minimum atomic E-state index is 0.263. The van der Waals surface area contributed by atoms with Gasteiger partial charge in [-0.15, -0.1) is 0 Å². The van der Waals surface area contributed by atoms with Gasteiger partial charge in [0.25, 0.3) is 0 Å². The van der Waals surface area contributed by atoms with Crippen LogP contribution >= 0.6 is 0 Å². The first-order chi connectivity index (χ1) is 8.83. The molecule has 2 nitrogen and oxygen atoms in total. The van der Waals surface area contributed by atoms with Crippen LogP contribution in [-0.4, -0.2) is 35.7 Å². The topological polar surface area (TPSA) is 23.5 Å². The largest absolute Gasteiger partial charge is 0.396 e. The molecule has 1 aliphatic heterocycles. The van der Waals surface area contributed by atoms with E-state index < -0.39 is 0 Å². The Labute approximate surface area is 112 Å². The second kappa shape index (κ2) is 5.50. The average Bonchev–Trinajstić information content (AvgIpc) is 2.88. The Balaban J connectivity index is 1.66. The van der Waals surface area contributed by atoms with E-state index in [1.54, 1.807) is 0 Å². The molecule has 18 heavy (non-hydrogen) atoms. The van der Waals surface area contributed by atoms with Crippen molar-refractivity contribution >= 4 is 0 Å². The number of rotatable bonds is 3. The van der Waals surface area contributed by atoms with E-state index in [-0.39, 0.29) is 5.41 Å². The van der Waals surface area contributed by atoms with Gasteiger partial charge in [0.15, 0.2) is 0 Å². The molecule has 0 spiro atoms. The van der Waals surface area contributed by atoms with Gasteiger partial charge in [-0.25, -0.2) is 0 Å². The van der Waals surface area contributed by atoms with Crippen LogP contribution in [0.5, 0.6) is 0 Å². The van der Waals surface area contributed by atoms with Crippen molar-refractivity contribution in [1.29, 1.82) is 0 Å². The highest BCUT2D eigenvalue weighted by atomic mass is 16.3. The number of hydrogen-bond acceptors (Lipinski definition) is 2. The van der Waals surface area contributed by atoms with Crippen LogP contribution in [0.25, 0.3) is 0 Å². The first-order valence-corrected chi connectivity index (χ1v) is 8.18. The summed E-state index contributed by atoms with van der Waals surface area (Å²) in [6.45, 7) is 2.90. The predicted octanol–water partition coefficient (Wildman–Crippen LogP) is 3.19. The van der Waals surface area contributed by atoms with Gasteiger partial charge >= 0.3 is 0 Å². The van der Waals surface area contributed by atoms with Crippen molar-refractivity contribution in [3.63, 3.8) is 0 Å². The first-order valence-electron chi connectivity index (χ1n) is 8.18. The molecule has 2 atom stereocenters. The van der Waals surface area contributed by atoms with Gasteiger partial charge in [0, 0.05) is 24.6 Å². The minimum Gasteiger partial charge on any atom is -0.396 e. The summed E-state index contributed by atoms with van der Waals surface area (Å²) in [6, 6.07) is 0.858. The Kier molecular flexibility index (Phi) is 3.95. The standard InChI is InChI=1S/C16H29NO/c18-13-16(9-3-4-10-16)12-17-11-5-7-14-6-1-2-8-15(14)17/h14-15,18H,1-13H2. The summed E-state index contributed by atoms with van der Waals surface area (Å²) in [6.07, 6.45) is 13.8. The van der Waals surface area contributed by atoms with E-state index in [1.165, 1.54) is 77.3 Å². The van der Waals surface area contributed by atoms with Crippen LogP contribution < -0.4 is 0 Å². The van der Waals surface area contributed by atoms with Crippen LogP contribution in [-0.2, 0) is 0 Å². The molecular weight excluding hydrogens is 222 g/mol. The van der Waals surface area contributed by atoms with Crippen molar-refractivity contribution in [2.75, 3.05) is 19.7 Å². The molecule has 0 radical (unpaired) electrons. The molecule has 1 heterocycles. The van der Waals surface area contributed by atoms with Crippen molar-refractivity contribution in [2.24, 2.45) is 11.3 Å². The van der Waals surface area contributed by atoms with E-state index in [1.807, 2.05) is 0 Å². The van der Waals surface area contributed by atoms with Gasteiger partial charge in [-0.3, -0.25) is 4.90 Å². The molecule has 3 aliphatic rings. The van der Waals surface area contributed by atoms with Crippen molar-refractivity contribution in [3.05, 3.63) is 0 Å². The Morgan fingerprint density at radius 2 is 1.67 bits per heavy atom. The third kappa shape index (κ3) is 2.46. The normalized spacial score (nSPS) is 36.5. The fraction of sp³-hybridized carbons (Fsp3) is 1.00.